The highest BCUT2D eigenvalue weighted by molar-refractivity contribution is 6.31. The second-order valence-electron chi connectivity index (χ2n) is 4.53. The number of nitrogens with one attached hydrogen (secondary N) is 1. The first kappa shape index (κ1) is 15.2. The van der Waals surface area contributed by atoms with E-state index in [1.807, 2.05) is 49.4 Å². The van der Waals surface area contributed by atoms with Gasteiger partial charge < -0.3 is 10.1 Å². The summed E-state index contributed by atoms with van der Waals surface area (Å²) in [6, 6.07) is 13.5. The van der Waals surface area contributed by atoms with Crippen LogP contribution in [0.4, 0.5) is 0 Å². The third kappa shape index (κ3) is 4.41. The SMILES string of the molecule is Cc1cc(OCCNCc2ccccc2Cl)ccc1Cl. The zero-order valence-corrected chi connectivity index (χ0v) is 12.8. The average Bonchev–Trinajstić information content (AvgIpc) is 2.44. The van der Waals surface area contributed by atoms with Crippen molar-refractivity contribution in [1.82, 2.24) is 5.32 Å². The summed E-state index contributed by atoms with van der Waals surface area (Å²) in [4.78, 5) is 0. The zero-order valence-electron chi connectivity index (χ0n) is 11.3. The molecular formula is C16H17Cl2NO. The molecule has 0 saturated heterocycles. The van der Waals surface area contributed by atoms with E-state index in [0.29, 0.717) is 6.61 Å². The fourth-order valence-corrected chi connectivity index (χ4v) is 2.13. The number of halogens is 2. The van der Waals surface area contributed by atoms with Crippen LogP contribution in [-0.4, -0.2) is 13.2 Å². The number of ether oxygens (including phenoxy) is 1. The molecule has 0 atom stereocenters. The van der Waals surface area contributed by atoms with Crippen LogP contribution in [0.1, 0.15) is 11.1 Å². The number of rotatable bonds is 6. The summed E-state index contributed by atoms with van der Waals surface area (Å²) in [5.41, 5.74) is 2.12. The van der Waals surface area contributed by atoms with Crippen LogP contribution in [0.15, 0.2) is 42.5 Å². The number of hydrogen-bond acceptors (Lipinski definition) is 2. The van der Waals surface area contributed by atoms with Gasteiger partial charge >= 0.3 is 0 Å². The van der Waals surface area contributed by atoms with Crippen molar-refractivity contribution in [2.24, 2.45) is 0 Å². The summed E-state index contributed by atoms with van der Waals surface area (Å²) in [5.74, 6) is 0.839. The predicted molar refractivity (Wildman–Crippen MR) is 84.8 cm³/mol. The van der Waals surface area contributed by atoms with Crippen LogP contribution in [0.5, 0.6) is 5.75 Å². The molecule has 2 rings (SSSR count). The van der Waals surface area contributed by atoms with Crippen molar-refractivity contribution >= 4 is 23.2 Å². The molecule has 4 heteroatoms. The lowest BCUT2D eigenvalue weighted by Gasteiger charge is -2.09. The molecule has 2 nitrogen and oxygen atoms in total. The van der Waals surface area contributed by atoms with E-state index in [4.69, 9.17) is 27.9 Å². The summed E-state index contributed by atoms with van der Waals surface area (Å²) in [6.45, 7) is 4.06. The Balaban J connectivity index is 1.71. The van der Waals surface area contributed by atoms with E-state index in [-0.39, 0.29) is 0 Å². The van der Waals surface area contributed by atoms with Crippen LogP contribution in [0, 0.1) is 6.92 Å². The molecule has 20 heavy (non-hydrogen) atoms. The molecule has 0 aromatic heterocycles. The zero-order chi connectivity index (χ0) is 14.4. The Bertz CT molecular complexity index is 572. The second-order valence-corrected chi connectivity index (χ2v) is 5.34. The Labute approximate surface area is 129 Å². The minimum absolute atomic E-state index is 0.603. The van der Waals surface area contributed by atoms with Crippen LogP contribution in [0.3, 0.4) is 0 Å². The predicted octanol–water partition coefficient (Wildman–Crippen LogP) is 4.47. The number of aryl methyl sites for hydroxylation is 1. The van der Waals surface area contributed by atoms with E-state index in [1.165, 1.54) is 0 Å². The van der Waals surface area contributed by atoms with Gasteiger partial charge in [0, 0.05) is 23.1 Å². The van der Waals surface area contributed by atoms with E-state index in [2.05, 4.69) is 5.32 Å². The summed E-state index contributed by atoms with van der Waals surface area (Å²) in [5, 5.41) is 4.85. The molecule has 0 amide bonds. The van der Waals surface area contributed by atoms with Gasteiger partial charge in [-0.1, -0.05) is 41.4 Å². The Kier molecular flexibility index (Phi) is 5.72. The molecule has 0 spiro atoms. The number of hydrogen-bond donors (Lipinski definition) is 1. The Morgan fingerprint density at radius 1 is 1.05 bits per heavy atom. The number of benzene rings is 2. The van der Waals surface area contributed by atoms with Crippen LogP contribution in [0.25, 0.3) is 0 Å². The van der Waals surface area contributed by atoms with Gasteiger partial charge in [0.05, 0.1) is 0 Å². The van der Waals surface area contributed by atoms with Gasteiger partial charge in [-0.25, -0.2) is 0 Å². The van der Waals surface area contributed by atoms with Crippen molar-refractivity contribution in [3.8, 4) is 5.75 Å². The molecule has 1 N–H and O–H groups in total. The Morgan fingerprint density at radius 2 is 1.85 bits per heavy atom. The monoisotopic (exact) mass is 309 g/mol. The quantitative estimate of drug-likeness (QED) is 0.795. The lowest BCUT2D eigenvalue weighted by molar-refractivity contribution is 0.313. The van der Waals surface area contributed by atoms with Gasteiger partial charge in [0.25, 0.3) is 0 Å². The van der Waals surface area contributed by atoms with E-state index >= 15 is 0 Å². The standard InChI is InChI=1S/C16H17Cl2NO/c1-12-10-14(6-7-15(12)17)20-9-8-19-11-13-4-2-3-5-16(13)18/h2-7,10,19H,8-9,11H2,1H3. The normalized spacial score (nSPS) is 10.6. The molecule has 2 aromatic rings. The van der Waals surface area contributed by atoms with Crippen LogP contribution < -0.4 is 10.1 Å². The first-order valence-corrected chi connectivity index (χ1v) is 7.25. The molecule has 106 valence electrons. The van der Waals surface area contributed by atoms with Gasteiger partial charge in [0.2, 0.25) is 0 Å². The average molecular weight is 310 g/mol. The van der Waals surface area contributed by atoms with E-state index in [1.54, 1.807) is 0 Å². The maximum atomic E-state index is 6.08. The summed E-state index contributed by atoms with van der Waals surface area (Å²) in [6.07, 6.45) is 0. The van der Waals surface area contributed by atoms with Crippen molar-refractivity contribution in [3.63, 3.8) is 0 Å². The molecule has 0 aliphatic rings. The summed E-state index contributed by atoms with van der Waals surface area (Å²) < 4.78 is 5.66. The first-order valence-electron chi connectivity index (χ1n) is 6.50. The minimum Gasteiger partial charge on any atom is -0.492 e. The Hall–Kier alpha value is -1.22. The smallest absolute Gasteiger partial charge is 0.119 e. The molecule has 0 radical (unpaired) electrons. The minimum atomic E-state index is 0.603. The van der Waals surface area contributed by atoms with Crippen LogP contribution in [0.2, 0.25) is 10.0 Å². The van der Waals surface area contributed by atoms with Gasteiger partial charge in [-0.2, -0.15) is 0 Å². The highest BCUT2D eigenvalue weighted by Crippen LogP contribution is 2.20. The first-order chi connectivity index (χ1) is 9.66. The van der Waals surface area contributed by atoms with Gasteiger partial charge in [0.1, 0.15) is 12.4 Å². The van der Waals surface area contributed by atoms with Gasteiger partial charge in [0.15, 0.2) is 0 Å². The van der Waals surface area contributed by atoms with Gasteiger partial charge in [-0.15, -0.1) is 0 Å². The Morgan fingerprint density at radius 3 is 2.60 bits per heavy atom. The van der Waals surface area contributed by atoms with Crippen molar-refractivity contribution in [1.29, 1.82) is 0 Å². The van der Waals surface area contributed by atoms with Crippen molar-refractivity contribution in [3.05, 3.63) is 63.6 Å². The topological polar surface area (TPSA) is 21.3 Å². The molecule has 0 fully saturated rings. The van der Waals surface area contributed by atoms with E-state index in [0.717, 1.165) is 40.0 Å². The molecule has 0 aliphatic heterocycles. The van der Waals surface area contributed by atoms with Crippen LogP contribution >= 0.6 is 23.2 Å². The van der Waals surface area contributed by atoms with Crippen molar-refractivity contribution in [2.45, 2.75) is 13.5 Å². The van der Waals surface area contributed by atoms with E-state index < -0.39 is 0 Å². The molecule has 0 unspecified atom stereocenters. The van der Waals surface area contributed by atoms with E-state index in [9.17, 15) is 0 Å². The lowest BCUT2D eigenvalue weighted by Crippen LogP contribution is -2.20. The molecule has 0 heterocycles. The summed E-state index contributed by atoms with van der Waals surface area (Å²) >= 11 is 12.0. The molecular weight excluding hydrogens is 293 g/mol. The maximum Gasteiger partial charge on any atom is 0.119 e. The largest absolute Gasteiger partial charge is 0.492 e. The third-order valence-corrected chi connectivity index (χ3v) is 3.74. The fraction of sp³-hybridized carbons (Fsp3) is 0.250. The lowest BCUT2D eigenvalue weighted by atomic mass is 10.2. The molecule has 2 aromatic carbocycles. The maximum absolute atomic E-state index is 6.08. The summed E-state index contributed by atoms with van der Waals surface area (Å²) in [7, 11) is 0. The van der Waals surface area contributed by atoms with Gasteiger partial charge in [-0.05, 0) is 42.3 Å². The van der Waals surface area contributed by atoms with Gasteiger partial charge in [-0.3, -0.25) is 0 Å². The third-order valence-electron chi connectivity index (χ3n) is 2.95. The van der Waals surface area contributed by atoms with Crippen molar-refractivity contribution in [2.75, 3.05) is 13.2 Å². The molecule has 0 bridgehead atoms. The fourth-order valence-electron chi connectivity index (χ4n) is 1.81. The highest BCUT2D eigenvalue weighted by Gasteiger charge is 2.00. The second kappa shape index (κ2) is 7.53. The highest BCUT2D eigenvalue weighted by atomic mass is 35.5. The molecule has 0 aliphatic carbocycles. The van der Waals surface area contributed by atoms with Crippen LogP contribution in [-0.2, 0) is 6.54 Å². The molecule has 0 saturated carbocycles. The van der Waals surface area contributed by atoms with Crippen molar-refractivity contribution < 1.29 is 4.74 Å².